The SMILES string of the molecule is Cc1cccc(OCC(=O)N[C@H]2CCC[C@H](OC(=O)Nc3ccc(F)cc3)C2)c1. The third-order valence-corrected chi connectivity index (χ3v) is 4.72. The molecule has 1 aliphatic rings. The number of ether oxygens (including phenoxy) is 2. The van der Waals surface area contributed by atoms with E-state index in [1.54, 1.807) is 0 Å². The van der Waals surface area contributed by atoms with Crippen molar-refractivity contribution in [3.05, 3.63) is 59.9 Å². The lowest BCUT2D eigenvalue weighted by molar-refractivity contribution is -0.124. The predicted molar refractivity (Wildman–Crippen MR) is 107 cm³/mol. The van der Waals surface area contributed by atoms with Crippen LogP contribution in [0.15, 0.2) is 48.5 Å². The van der Waals surface area contributed by atoms with Gasteiger partial charge in [-0.25, -0.2) is 9.18 Å². The van der Waals surface area contributed by atoms with E-state index in [4.69, 9.17) is 9.47 Å². The normalized spacial score (nSPS) is 18.6. The molecule has 2 atom stereocenters. The Morgan fingerprint density at radius 1 is 1.14 bits per heavy atom. The number of amides is 2. The van der Waals surface area contributed by atoms with Crippen LogP contribution in [0.25, 0.3) is 0 Å². The number of halogens is 1. The topological polar surface area (TPSA) is 76.7 Å². The molecule has 0 unspecified atom stereocenters. The fourth-order valence-electron chi connectivity index (χ4n) is 3.34. The van der Waals surface area contributed by atoms with Crippen molar-refractivity contribution in [1.82, 2.24) is 5.32 Å². The van der Waals surface area contributed by atoms with Crippen LogP contribution in [-0.2, 0) is 9.53 Å². The summed E-state index contributed by atoms with van der Waals surface area (Å²) in [5.74, 6) is 0.0801. The van der Waals surface area contributed by atoms with E-state index in [0.29, 0.717) is 17.9 Å². The van der Waals surface area contributed by atoms with Crippen LogP contribution in [0.4, 0.5) is 14.9 Å². The first kappa shape index (κ1) is 20.6. The average Bonchev–Trinajstić information content (AvgIpc) is 2.68. The maximum atomic E-state index is 12.9. The summed E-state index contributed by atoms with van der Waals surface area (Å²) in [6.07, 6.45) is 2.09. The zero-order valence-electron chi connectivity index (χ0n) is 16.3. The van der Waals surface area contributed by atoms with Gasteiger partial charge in [0, 0.05) is 18.2 Å². The van der Waals surface area contributed by atoms with Crippen molar-refractivity contribution in [3.63, 3.8) is 0 Å². The van der Waals surface area contributed by atoms with Gasteiger partial charge in [0.15, 0.2) is 6.61 Å². The molecule has 1 aliphatic carbocycles. The van der Waals surface area contributed by atoms with Crippen molar-refractivity contribution >= 4 is 17.7 Å². The number of hydrogen-bond donors (Lipinski definition) is 2. The molecule has 0 radical (unpaired) electrons. The quantitative estimate of drug-likeness (QED) is 0.762. The summed E-state index contributed by atoms with van der Waals surface area (Å²) in [5.41, 5.74) is 1.53. The summed E-state index contributed by atoms with van der Waals surface area (Å²) >= 11 is 0. The molecule has 7 heteroatoms. The third-order valence-electron chi connectivity index (χ3n) is 4.72. The lowest BCUT2D eigenvalue weighted by atomic mass is 9.93. The molecule has 1 saturated carbocycles. The van der Waals surface area contributed by atoms with Crippen molar-refractivity contribution in [1.29, 1.82) is 0 Å². The van der Waals surface area contributed by atoms with Crippen LogP contribution >= 0.6 is 0 Å². The van der Waals surface area contributed by atoms with Gasteiger partial charge in [-0.05, 0) is 68.1 Å². The van der Waals surface area contributed by atoms with Crippen molar-refractivity contribution in [3.8, 4) is 5.75 Å². The number of carbonyl (C=O) groups excluding carboxylic acids is 2. The molecule has 0 aliphatic heterocycles. The largest absolute Gasteiger partial charge is 0.484 e. The lowest BCUT2D eigenvalue weighted by Gasteiger charge is -2.29. The van der Waals surface area contributed by atoms with Crippen LogP contribution in [0.3, 0.4) is 0 Å². The monoisotopic (exact) mass is 400 g/mol. The Morgan fingerprint density at radius 2 is 1.93 bits per heavy atom. The van der Waals surface area contributed by atoms with Crippen molar-refractivity contribution in [2.24, 2.45) is 0 Å². The zero-order valence-corrected chi connectivity index (χ0v) is 16.3. The molecule has 2 aromatic rings. The second-order valence-corrected chi connectivity index (χ2v) is 7.20. The Kier molecular flexibility index (Phi) is 7.05. The van der Waals surface area contributed by atoms with Gasteiger partial charge in [0.05, 0.1) is 0 Å². The molecule has 0 saturated heterocycles. The molecule has 0 heterocycles. The first-order valence-electron chi connectivity index (χ1n) is 9.70. The van der Waals surface area contributed by atoms with Gasteiger partial charge in [0.25, 0.3) is 5.91 Å². The summed E-state index contributed by atoms with van der Waals surface area (Å²) in [4.78, 5) is 24.2. The molecule has 0 bridgehead atoms. The van der Waals surface area contributed by atoms with E-state index in [0.717, 1.165) is 24.8 Å². The fraction of sp³-hybridized carbons (Fsp3) is 0.364. The molecule has 29 heavy (non-hydrogen) atoms. The molecule has 2 amide bonds. The minimum Gasteiger partial charge on any atom is -0.484 e. The molecule has 6 nitrogen and oxygen atoms in total. The minimum atomic E-state index is -0.587. The molecule has 0 aromatic heterocycles. The van der Waals surface area contributed by atoms with Crippen LogP contribution < -0.4 is 15.4 Å². The highest BCUT2D eigenvalue weighted by Gasteiger charge is 2.26. The summed E-state index contributed by atoms with van der Waals surface area (Å²) in [5, 5.41) is 5.53. The first-order valence-corrected chi connectivity index (χ1v) is 9.70. The summed E-state index contributed by atoms with van der Waals surface area (Å²) in [7, 11) is 0. The van der Waals surface area contributed by atoms with E-state index in [-0.39, 0.29) is 30.5 Å². The second kappa shape index (κ2) is 9.91. The van der Waals surface area contributed by atoms with Crippen LogP contribution in [0, 0.1) is 12.7 Å². The number of carbonyl (C=O) groups is 2. The molecular formula is C22H25FN2O4. The van der Waals surface area contributed by atoms with Crippen LogP contribution in [0.2, 0.25) is 0 Å². The number of nitrogens with one attached hydrogen (secondary N) is 2. The van der Waals surface area contributed by atoms with Gasteiger partial charge in [0.2, 0.25) is 0 Å². The van der Waals surface area contributed by atoms with Crippen LogP contribution in [0.1, 0.15) is 31.2 Å². The van der Waals surface area contributed by atoms with E-state index < -0.39 is 6.09 Å². The van der Waals surface area contributed by atoms with Crippen molar-refractivity contribution in [2.45, 2.75) is 44.8 Å². The molecule has 3 rings (SSSR count). The molecule has 154 valence electrons. The van der Waals surface area contributed by atoms with Crippen LogP contribution in [0.5, 0.6) is 5.75 Å². The Labute approximate surface area is 169 Å². The van der Waals surface area contributed by atoms with Gasteiger partial charge in [-0.3, -0.25) is 10.1 Å². The van der Waals surface area contributed by atoms with Gasteiger partial charge in [0.1, 0.15) is 17.7 Å². The summed E-state index contributed by atoms with van der Waals surface area (Å²) < 4.78 is 23.9. The van der Waals surface area contributed by atoms with Gasteiger partial charge in [-0.2, -0.15) is 0 Å². The highest BCUT2D eigenvalue weighted by Crippen LogP contribution is 2.22. The number of anilines is 1. The second-order valence-electron chi connectivity index (χ2n) is 7.20. The van der Waals surface area contributed by atoms with Crippen molar-refractivity contribution in [2.75, 3.05) is 11.9 Å². The van der Waals surface area contributed by atoms with Crippen LogP contribution in [-0.4, -0.2) is 30.8 Å². The van der Waals surface area contributed by atoms with Crippen molar-refractivity contribution < 1.29 is 23.5 Å². The zero-order chi connectivity index (χ0) is 20.6. The summed E-state index contributed by atoms with van der Waals surface area (Å²) in [6, 6.07) is 12.9. The minimum absolute atomic E-state index is 0.0590. The Bertz CT molecular complexity index is 841. The van der Waals surface area contributed by atoms with E-state index in [1.807, 2.05) is 31.2 Å². The summed E-state index contributed by atoms with van der Waals surface area (Å²) in [6.45, 7) is 1.90. The molecular weight excluding hydrogens is 375 g/mol. The lowest BCUT2D eigenvalue weighted by Crippen LogP contribution is -2.43. The number of rotatable bonds is 6. The number of hydrogen-bond acceptors (Lipinski definition) is 4. The molecule has 2 aromatic carbocycles. The standard InChI is InChI=1S/C22H25FN2O4/c1-15-4-2-6-19(12-15)28-14-21(26)24-18-5-3-7-20(13-18)29-22(27)25-17-10-8-16(23)9-11-17/h2,4,6,8-12,18,20H,3,5,7,13-14H2,1H3,(H,24,26)(H,25,27)/t18-,20-/m0/s1. The van der Waals surface area contributed by atoms with Gasteiger partial charge >= 0.3 is 6.09 Å². The highest BCUT2D eigenvalue weighted by atomic mass is 19.1. The smallest absolute Gasteiger partial charge is 0.411 e. The Balaban J connectivity index is 1.41. The average molecular weight is 400 g/mol. The first-order chi connectivity index (χ1) is 14.0. The van der Waals surface area contributed by atoms with Gasteiger partial charge in [-0.15, -0.1) is 0 Å². The Hall–Kier alpha value is -3.09. The highest BCUT2D eigenvalue weighted by molar-refractivity contribution is 5.84. The van der Waals surface area contributed by atoms with Gasteiger partial charge < -0.3 is 14.8 Å². The fourth-order valence-corrected chi connectivity index (χ4v) is 3.34. The molecule has 2 N–H and O–H groups in total. The van der Waals surface area contributed by atoms with E-state index >= 15 is 0 Å². The molecule has 1 fully saturated rings. The number of benzene rings is 2. The Morgan fingerprint density at radius 3 is 2.69 bits per heavy atom. The number of aryl methyl sites for hydroxylation is 1. The predicted octanol–water partition coefficient (Wildman–Crippen LogP) is 4.19. The third kappa shape index (κ3) is 6.78. The maximum Gasteiger partial charge on any atom is 0.411 e. The van der Waals surface area contributed by atoms with E-state index in [9.17, 15) is 14.0 Å². The molecule has 0 spiro atoms. The van der Waals surface area contributed by atoms with E-state index in [2.05, 4.69) is 10.6 Å². The maximum absolute atomic E-state index is 12.9. The van der Waals surface area contributed by atoms with Gasteiger partial charge in [-0.1, -0.05) is 12.1 Å². The van der Waals surface area contributed by atoms with E-state index in [1.165, 1.54) is 24.3 Å².